The predicted octanol–water partition coefficient (Wildman–Crippen LogP) is 3.36. The molecule has 124 valence electrons. The first-order valence-corrected chi connectivity index (χ1v) is 8.48. The summed E-state index contributed by atoms with van der Waals surface area (Å²) in [5, 5.41) is 5.66. The van der Waals surface area contributed by atoms with Crippen molar-refractivity contribution in [2.75, 3.05) is 11.9 Å². The Morgan fingerprint density at radius 1 is 1.12 bits per heavy atom. The molecule has 0 unspecified atom stereocenters. The number of rotatable bonds is 6. The number of amides is 2. The lowest BCUT2D eigenvalue weighted by atomic mass is 10.2. The summed E-state index contributed by atoms with van der Waals surface area (Å²) in [5.74, 6) is 0.283. The molecular weight excluding hydrogens is 372 g/mol. The van der Waals surface area contributed by atoms with E-state index in [1.807, 2.05) is 12.1 Å². The van der Waals surface area contributed by atoms with Gasteiger partial charge in [-0.2, -0.15) is 0 Å². The molecule has 1 aliphatic rings. The Morgan fingerprint density at radius 2 is 1.88 bits per heavy atom. The Morgan fingerprint density at radius 3 is 2.54 bits per heavy atom. The van der Waals surface area contributed by atoms with Gasteiger partial charge in [0.15, 0.2) is 6.61 Å². The van der Waals surface area contributed by atoms with Crippen molar-refractivity contribution in [3.05, 3.63) is 58.6 Å². The van der Waals surface area contributed by atoms with Gasteiger partial charge in [-0.1, -0.05) is 22.0 Å². The van der Waals surface area contributed by atoms with Crippen molar-refractivity contribution in [3.63, 3.8) is 0 Å². The van der Waals surface area contributed by atoms with Gasteiger partial charge >= 0.3 is 0 Å². The van der Waals surface area contributed by atoms with Gasteiger partial charge in [-0.05, 0) is 55.3 Å². The number of carbonyl (C=O) groups excluding carboxylic acids is 2. The fourth-order valence-corrected chi connectivity index (χ4v) is 2.48. The third-order valence-electron chi connectivity index (χ3n) is 3.51. The number of benzene rings is 2. The molecule has 1 fully saturated rings. The molecule has 0 aliphatic heterocycles. The van der Waals surface area contributed by atoms with Crippen LogP contribution < -0.4 is 15.4 Å². The highest BCUT2D eigenvalue weighted by atomic mass is 79.9. The number of nitrogens with one attached hydrogen (secondary N) is 2. The van der Waals surface area contributed by atoms with Crippen molar-refractivity contribution >= 4 is 33.4 Å². The maximum absolute atomic E-state index is 11.9. The number of ether oxygens (including phenoxy) is 1. The number of hydrogen-bond acceptors (Lipinski definition) is 3. The van der Waals surface area contributed by atoms with Gasteiger partial charge in [-0.25, -0.2) is 0 Å². The lowest BCUT2D eigenvalue weighted by Crippen LogP contribution is -2.25. The van der Waals surface area contributed by atoms with E-state index < -0.39 is 0 Å². The standard InChI is InChI=1S/C18H17BrN2O3/c19-13-2-1-3-16(10-13)24-11-17(22)20-14-6-4-12(5-7-14)18(23)21-15-8-9-15/h1-7,10,15H,8-9,11H2,(H,20,22)(H,21,23). The summed E-state index contributed by atoms with van der Waals surface area (Å²) in [6.07, 6.45) is 2.11. The number of halogens is 1. The molecular formula is C18H17BrN2O3. The molecule has 0 atom stereocenters. The minimum Gasteiger partial charge on any atom is -0.484 e. The fraction of sp³-hybridized carbons (Fsp3) is 0.222. The van der Waals surface area contributed by atoms with Crippen LogP contribution in [0, 0.1) is 0 Å². The third kappa shape index (κ3) is 4.83. The summed E-state index contributed by atoms with van der Waals surface area (Å²) in [4.78, 5) is 23.8. The van der Waals surface area contributed by atoms with E-state index in [0.29, 0.717) is 23.0 Å². The average molecular weight is 389 g/mol. The SMILES string of the molecule is O=C(COc1cccc(Br)c1)Nc1ccc(C(=O)NC2CC2)cc1. The summed E-state index contributed by atoms with van der Waals surface area (Å²) in [6, 6.07) is 14.4. The average Bonchev–Trinajstić information content (AvgIpc) is 3.38. The van der Waals surface area contributed by atoms with Crippen molar-refractivity contribution in [3.8, 4) is 5.75 Å². The van der Waals surface area contributed by atoms with Crippen molar-refractivity contribution in [1.82, 2.24) is 5.32 Å². The van der Waals surface area contributed by atoms with E-state index in [4.69, 9.17) is 4.74 Å². The molecule has 6 heteroatoms. The van der Waals surface area contributed by atoms with Gasteiger partial charge in [-0.3, -0.25) is 9.59 Å². The lowest BCUT2D eigenvalue weighted by molar-refractivity contribution is -0.118. The largest absolute Gasteiger partial charge is 0.484 e. The molecule has 2 amide bonds. The summed E-state index contributed by atoms with van der Waals surface area (Å²) < 4.78 is 6.32. The molecule has 0 heterocycles. The summed E-state index contributed by atoms with van der Waals surface area (Å²) >= 11 is 3.35. The van der Waals surface area contributed by atoms with Gasteiger partial charge in [0.2, 0.25) is 0 Å². The van der Waals surface area contributed by atoms with Gasteiger partial charge < -0.3 is 15.4 Å². The molecule has 3 rings (SSSR count). The first-order chi connectivity index (χ1) is 11.6. The van der Waals surface area contributed by atoms with Crippen molar-refractivity contribution in [2.24, 2.45) is 0 Å². The number of anilines is 1. The van der Waals surface area contributed by atoms with E-state index >= 15 is 0 Å². The lowest BCUT2D eigenvalue weighted by Gasteiger charge is -2.08. The van der Waals surface area contributed by atoms with Crippen molar-refractivity contribution in [2.45, 2.75) is 18.9 Å². The van der Waals surface area contributed by atoms with Crippen molar-refractivity contribution in [1.29, 1.82) is 0 Å². The Bertz CT molecular complexity index is 742. The Balaban J connectivity index is 1.49. The molecule has 2 aromatic rings. The highest BCUT2D eigenvalue weighted by Gasteiger charge is 2.23. The van der Waals surface area contributed by atoms with E-state index in [1.54, 1.807) is 36.4 Å². The van der Waals surface area contributed by atoms with Crippen LogP contribution >= 0.6 is 15.9 Å². The first kappa shape index (κ1) is 16.5. The molecule has 1 aliphatic carbocycles. The van der Waals surface area contributed by atoms with Gasteiger partial charge in [0, 0.05) is 21.8 Å². The van der Waals surface area contributed by atoms with E-state index in [1.165, 1.54) is 0 Å². The van der Waals surface area contributed by atoms with Crippen LogP contribution in [0.3, 0.4) is 0 Å². The highest BCUT2D eigenvalue weighted by molar-refractivity contribution is 9.10. The summed E-state index contributed by atoms with van der Waals surface area (Å²) in [7, 11) is 0. The van der Waals surface area contributed by atoms with E-state index in [0.717, 1.165) is 17.3 Å². The van der Waals surface area contributed by atoms with Gasteiger partial charge in [0.1, 0.15) is 5.75 Å². The van der Waals surface area contributed by atoms with Crippen LogP contribution in [0.15, 0.2) is 53.0 Å². The van der Waals surface area contributed by atoms with Crippen LogP contribution in [0.25, 0.3) is 0 Å². The summed E-state index contributed by atoms with van der Waals surface area (Å²) in [5.41, 5.74) is 1.21. The molecule has 0 bridgehead atoms. The van der Waals surface area contributed by atoms with Crippen LogP contribution in [0.1, 0.15) is 23.2 Å². The van der Waals surface area contributed by atoms with Crippen molar-refractivity contribution < 1.29 is 14.3 Å². The normalized spacial score (nSPS) is 13.2. The van der Waals surface area contributed by atoms with Gasteiger partial charge in [0.25, 0.3) is 11.8 Å². The third-order valence-corrected chi connectivity index (χ3v) is 4.00. The molecule has 0 spiro atoms. The zero-order valence-electron chi connectivity index (χ0n) is 12.9. The second kappa shape index (κ2) is 7.49. The zero-order valence-corrected chi connectivity index (χ0v) is 14.5. The molecule has 0 aromatic heterocycles. The number of hydrogen-bond donors (Lipinski definition) is 2. The van der Waals surface area contributed by atoms with Crippen LogP contribution in [-0.4, -0.2) is 24.5 Å². The van der Waals surface area contributed by atoms with E-state index in [2.05, 4.69) is 26.6 Å². The van der Waals surface area contributed by atoms with Crippen LogP contribution in [0.4, 0.5) is 5.69 Å². The second-order valence-corrected chi connectivity index (χ2v) is 6.53. The maximum atomic E-state index is 11.9. The molecule has 0 radical (unpaired) electrons. The Hall–Kier alpha value is -2.34. The van der Waals surface area contributed by atoms with Crippen LogP contribution in [0.5, 0.6) is 5.75 Å². The predicted molar refractivity (Wildman–Crippen MR) is 95.2 cm³/mol. The number of carbonyl (C=O) groups is 2. The molecule has 24 heavy (non-hydrogen) atoms. The molecule has 2 aromatic carbocycles. The maximum Gasteiger partial charge on any atom is 0.262 e. The topological polar surface area (TPSA) is 67.4 Å². The molecule has 0 saturated heterocycles. The Kier molecular flexibility index (Phi) is 5.15. The van der Waals surface area contributed by atoms with E-state index in [-0.39, 0.29) is 18.4 Å². The fourth-order valence-electron chi connectivity index (χ4n) is 2.10. The minimum absolute atomic E-state index is 0.0756. The smallest absolute Gasteiger partial charge is 0.262 e. The van der Waals surface area contributed by atoms with E-state index in [9.17, 15) is 9.59 Å². The first-order valence-electron chi connectivity index (χ1n) is 7.69. The minimum atomic E-state index is -0.259. The Labute approximate surface area is 148 Å². The van der Waals surface area contributed by atoms with Gasteiger partial charge in [0.05, 0.1) is 0 Å². The molecule has 1 saturated carbocycles. The second-order valence-electron chi connectivity index (χ2n) is 5.62. The highest BCUT2D eigenvalue weighted by Crippen LogP contribution is 2.20. The molecule has 2 N–H and O–H groups in total. The monoisotopic (exact) mass is 388 g/mol. The quantitative estimate of drug-likeness (QED) is 0.796. The van der Waals surface area contributed by atoms with Crippen LogP contribution in [0.2, 0.25) is 0 Å². The molecule has 5 nitrogen and oxygen atoms in total. The van der Waals surface area contributed by atoms with Crippen LogP contribution in [-0.2, 0) is 4.79 Å². The zero-order chi connectivity index (χ0) is 16.9. The van der Waals surface area contributed by atoms with Gasteiger partial charge in [-0.15, -0.1) is 0 Å². The summed E-state index contributed by atoms with van der Waals surface area (Å²) in [6.45, 7) is -0.0830.